The Bertz CT molecular complexity index is 1240. The Morgan fingerprint density at radius 2 is 1.65 bits per heavy atom. The minimum atomic E-state index is -0.980. The van der Waals surface area contributed by atoms with Gasteiger partial charge in [-0.25, -0.2) is 8.78 Å². The second-order valence-corrected chi connectivity index (χ2v) is 7.57. The standard InChI is InChI=1S/C25H17ClF2O3/c1-14-21(20-9-5-17(28)11-23(20)22(14)13-25(29)30)10-15-2-6-19(12-24(15)26)31-18-7-3-16(27)4-8-18/h2-12H,13H2,1H3,(H,29,30)/b21-10-. The van der Waals surface area contributed by atoms with E-state index in [0.717, 1.165) is 16.7 Å². The van der Waals surface area contributed by atoms with Crippen LogP contribution >= 0.6 is 11.6 Å². The molecule has 0 atom stereocenters. The summed E-state index contributed by atoms with van der Waals surface area (Å²) in [7, 11) is 0. The molecule has 31 heavy (non-hydrogen) atoms. The lowest BCUT2D eigenvalue weighted by Crippen LogP contribution is -1.97. The third-order valence-electron chi connectivity index (χ3n) is 5.10. The summed E-state index contributed by atoms with van der Waals surface area (Å²) in [5.41, 5.74) is 4.19. The number of allylic oxidation sites excluding steroid dienone is 2. The Kier molecular flexibility index (Phi) is 5.61. The summed E-state index contributed by atoms with van der Waals surface area (Å²) in [6.45, 7) is 1.82. The molecule has 3 aromatic carbocycles. The zero-order valence-corrected chi connectivity index (χ0v) is 17.2. The van der Waals surface area contributed by atoms with Gasteiger partial charge in [0.15, 0.2) is 0 Å². The van der Waals surface area contributed by atoms with Crippen molar-refractivity contribution in [1.29, 1.82) is 0 Å². The molecule has 1 aliphatic rings. The van der Waals surface area contributed by atoms with Gasteiger partial charge in [-0.15, -0.1) is 0 Å². The number of aliphatic carboxylic acids is 1. The summed E-state index contributed by atoms with van der Waals surface area (Å²) in [4.78, 5) is 11.3. The van der Waals surface area contributed by atoms with Gasteiger partial charge in [0.2, 0.25) is 0 Å². The van der Waals surface area contributed by atoms with Crippen LogP contribution in [-0.4, -0.2) is 11.1 Å². The fourth-order valence-electron chi connectivity index (χ4n) is 3.62. The zero-order chi connectivity index (χ0) is 22.1. The number of ether oxygens (including phenoxy) is 1. The van der Waals surface area contributed by atoms with Crippen LogP contribution in [0.5, 0.6) is 11.5 Å². The molecule has 0 aromatic heterocycles. The second kappa shape index (κ2) is 8.36. The highest BCUT2D eigenvalue weighted by atomic mass is 35.5. The molecule has 0 unspecified atom stereocenters. The van der Waals surface area contributed by atoms with Crippen molar-refractivity contribution in [3.8, 4) is 11.5 Å². The van der Waals surface area contributed by atoms with Crippen LogP contribution in [0.4, 0.5) is 8.78 Å². The maximum Gasteiger partial charge on any atom is 0.307 e. The molecule has 1 aliphatic carbocycles. The number of carboxylic acid groups (broad SMARTS) is 1. The van der Waals surface area contributed by atoms with Crippen LogP contribution < -0.4 is 4.74 Å². The van der Waals surface area contributed by atoms with E-state index in [-0.39, 0.29) is 12.2 Å². The lowest BCUT2D eigenvalue weighted by atomic mass is 10.0. The second-order valence-electron chi connectivity index (χ2n) is 7.16. The normalized spacial score (nSPS) is 14.1. The minimum Gasteiger partial charge on any atom is -0.481 e. The molecule has 0 radical (unpaired) electrons. The molecular formula is C25H17ClF2O3. The van der Waals surface area contributed by atoms with Crippen LogP contribution in [0.3, 0.4) is 0 Å². The third kappa shape index (κ3) is 4.37. The molecule has 0 bridgehead atoms. The van der Waals surface area contributed by atoms with Gasteiger partial charge in [-0.05, 0) is 101 Å². The fraction of sp³-hybridized carbons (Fsp3) is 0.0800. The van der Waals surface area contributed by atoms with Gasteiger partial charge in [0, 0.05) is 0 Å². The quantitative estimate of drug-likeness (QED) is 0.457. The molecule has 3 aromatic rings. The Morgan fingerprint density at radius 1 is 0.968 bits per heavy atom. The topological polar surface area (TPSA) is 46.5 Å². The third-order valence-corrected chi connectivity index (χ3v) is 5.43. The highest BCUT2D eigenvalue weighted by Crippen LogP contribution is 2.44. The largest absolute Gasteiger partial charge is 0.481 e. The number of hydrogen-bond acceptors (Lipinski definition) is 2. The van der Waals surface area contributed by atoms with Crippen molar-refractivity contribution in [3.63, 3.8) is 0 Å². The predicted molar refractivity (Wildman–Crippen MR) is 117 cm³/mol. The summed E-state index contributed by atoms with van der Waals surface area (Å²) >= 11 is 6.47. The maximum absolute atomic E-state index is 13.8. The van der Waals surface area contributed by atoms with Crippen LogP contribution in [0.15, 0.2) is 66.2 Å². The molecule has 1 N–H and O–H groups in total. The number of benzene rings is 3. The molecule has 3 nitrogen and oxygen atoms in total. The van der Waals surface area contributed by atoms with E-state index in [1.807, 2.05) is 13.0 Å². The number of carboxylic acids is 1. The molecule has 0 amide bonds. The predicted octanol–water partition coefficient (Wildman–Crippen LogP) is 7.21. The summed E-state index contributed by atoms with van der Waals surface area (Å²) in [5.74, 6) is -0.782. The first kappa shape index (κ1) is 20.8. The average Bonchev–Trinajstić information content (AvgIpc) is 2.96. The Labute approximate surface area is 182 Å². The highest BCUT2D eigenvalue weighted by molar-refractivity contribution is 6.32. The summed E-state index contributed by atoms with van der Waals surface area (Å²) < 4.78 is 32.6. The van der Waals surface area contributed by atoms with Gasteiger partial charge in [-0.2, -0.15) is 0 Å². The number of halogens is 3. The first-order chi connectivity index (χ1) is 14.8. The van der Waals surface area contributed by atoms with E-state index in [4.69, 9.17) is 16.3 Å². The van der Waals surface area contributed by atoms with E-state index in [1.165, 1.54) is 36.4 Å². The fourth-order valence-corrected chi connectivity index (χ4v) is 3.84. The smallest absolute Gasteiger partial charge is 0.307 e. The molecular weight excluding hydrogens is 422 g/mol. The van der Waals surface area contributed by atoms with Gasteiger partial charge in [-0.3, -0.25) is 4.79 Å². The van der Waals surface area contributed by atoms with Gasteiger partial charge in [0.05, 0.1) is 11.4 Å². The van der Waals surface area contributed by atoms with E-state index >= 15 is 0 Å². The average molecular weight is 439 g/mol. The monoisotopic (exact) mass is 438 g/mol. The van der Waals surface area contributed by atoms with Crippen molar-refractivity contribution in [3.05, 3.63) is 99.6 Å². The van der Waals surface area contributed by atoms with Gasteiger partial charge >= 0.3 is 5.97 Å². The molecule has 4 rings (SSSR count). The van der Waals surface area contributed by atoms with Crippen LogP contribution in [-0.2, 0) is 4.79 Å². The van der Waals surface area contributed by atoms with Crippen molar-refractivity contribution in [1.82, 2.24) is 0 Å². The van der Waals surface area contributed by atoms with E-state index in [2.05, 4.69) is 0 Å². The van der Waals surface area contributed by atoms with Crippen LogP contribution in [0.1, 0.15) is 30.0 Å². The summed E-state index contributed by atoms with van der Waals surface area (Å²) in [6, 6.07) is 15.2. The number of fused-ring (bicyclic) bond motifs is 1. The van der Waals surface area contributed by atoms with E-state index in [1.54, 1.807) is 24.3 Å². The lowest BCUT2D eigenvalue weighted by molar-refractivity contribution is -0.135. The Hall–Kier alpha value is -3.44. The van der Waals surface area contributed by atoms with Crippen LogP contribution in [0, 0.1) is 11.6 Å². The zero-order valence-electron chi connectivity index (χ0n) is 16.5. The first-order valence-corrected chi connectivity index (χ1v) is 9.86. The van der Waals surface area contributed by atoms with E-state index in [0.29, 0.717) is 33.2 Å². The van der Waals surface area contributed by atoms with Crippen molar-refractivity contribution < 1.29 is 23.4 Å². The van der Waals surface area contributed by atoms with Crippen molar-refractivity contribution in [2.24, 2.45) is 0 Å². The number of hydrogen-bond donors (Lipinski definition) is 1. The minimum absolute atomic E-state index is 0.197. The summed E-state index contributed by atoms with van der Waals surface area (Å²) in [6.07, 6.45) is 1.66. The van der Waals surface area contributed by atoms with Gasteiger partial charge in [0.25, 0.3) is 0 Å². The van der Waals surface area contributed by atoms with Crippen molar-refractivity contribution in [2.75, 3.05) is 0 Å². The molecule has 6 heteroatoms. The molecule has 0 aliphatic heterocycles. The number of carbonyl (C=O) groups is 1. The molecule has 0 saturated heterocycles. The van der Waals surface area contributed by atoms with E-state index < -0.39 is 11.8 Å². The molecule has 0 saturated carbocycles. The highest BCUT2D eigenvalue weighted by Gasteiger charge is 2.25. The Balaban J connectivity index is 1.70. The van der Waals surface area contributed by atoms with E-state index in [9.17, 15) is 18.7 Å². The molecule has 156 valence electrons. The van der Waals surface area contributed by atoms with Crippen molar-refractivity contribution in [2.45, 2.75) is 13.3 Å². The SMILES string of the molecule is CC1=C(CC(=O)O)c2cc(F)ccc2/C1=C\c1ccc(Oc2ccc(F)cc2)cc1Cl. The van der Waals surface area contributed by atoms with Crippen molar-refractivity contribution >= 4 is 34.8 Å². The molecule has 0 spiro atoms. The number of rotatable bonds is 5. The Morgan fingerprint density at radius 3 is 2.32 bits per heavy atom. The molecule has 0 fully saturated rings. The van der Waals surface area contributed by atoms with Gasteiger partial charge in [0.1, 0.15) is 23.1 Å². The van der Waals surface area contributed by atoms with Gasteiger partial charge in [-0.1, -0.05) is 17.7 Å². The van der Waals surface area contributed by atoms with Crippen LogP contribution in [0.25, 0.3) is 17.2 Å². The maximum atomic E-state index is 13.8. The molecule has 0 heterocycles. The van der Waals surface area contributed by atoms with Gasteiger partial charge < -0.3 is 9.84 Å². The lowest BCUT2D eigenvalue weighted by Gasteiger charge is -2.09. The first-order valence-electron chi connectivity index (χ1n) is 9.48. The summed E-state index contributed by atoms with van der Waals surface area (Å²) in [5, 5.41) is 9.70. The van der Waals surface area contributed by atoms with Crippen LogP contribution in [0.2, 0.25) is 5.02 Å².